The third kappa shape index (κ3) is 5.11. The fraction of sp³-hybridized carbons (Fsp3) is 0.120. The van der Waals surface area contributed by atoms with Gasteiger partial charge in [-0.2, -0.15) is 0 Å². The Morgan fingerprint density at radius 3 is 2.16 bits per heavy atom. The number of nitrogens with one attached hydrogen (secondary N) is 1. The largest absolute Gasteiger partial charge is 0.493 e. The molecule has 2 amide bonds. The highest BCUT2D eigenvalue weighted by Crippen LogP contribution is 2.22. The highest BCUT2D eigenvalue weighted by atomic mass is 16.5. The van der Waals surface area contributed by atoms with E-state index >= 15 is 0 Å². The molecule has 0 aliphatic carbocycles. The molecule has 1 saturated heterocycles. The second-order valence-electron chi connectivity index (χ2n) is 6.91. The molecule has 0 atom stereocenters. The summed E-state index contributed by atoms with van der Waals surface area (Å²) < 4.78 is 11.4. The van der Waals surface area contributed by atoms with Crippen molar-refractivity contribution in [3.8, 4) is 11.5 Å². The lowest BCUT2D eigenvalue weighted by Crippen LogP contribution is -2.35. The molecule has 0 aromatic heterocycles. The van der Waals surface area contributed by atoms with Crippen molar-refractivity contribution in [1.29, 1.82) is 0 Å². The molecule has 1 N–H and O–H groups in total. The minimum Gasteiger partial charge on any atom is -0.493 e. The van der Waals surface area contributed by atoms with Crippen molar-refractivity contribution in [3.63, 3.8) is 0 Å². The Morgan fingerprint density at radius 2 is 1.42 bits per heavy atom. The smallest absolute Gasteiger partial charge is 0.282 e. The molecule has 31 heavy (non-hydrogen) atoms. The summed E-state index contributed by atoms with van der Waals surface area (Å²) in [6, 6.07) is 25.9. The zero-order chi connectivity index (χ0) is 21.5. The van der Waals surface area contributed by atoms with Crippen LogP contribution in [0, 0.1) is 0 Å². The number of hydrazine groups is 1. The maximum Gasteiger partial charge on any atom is 0.282 e. The lowest BCUT2D eigenvalue weighted by Gasteiger charge is -2.13. The number of anilines is 1. The lowest BCUT2D eigenvalue weighted by atomic mass is 10.1. The molecule has 3 aromatic rings. The molecule has 4 rings (SSSR count). The van der Waals surface area contributed by atoms with Crippen LogP contribution in [0.15, 0.2) is 90.5 Å². The fourth-order valence-electron chi connectivity index (χ4n) is 3.13. The summed E-state index contributed by atoms with van der Waals surface area (Å²) in [5.74, 6) is 0.679. The minimum atomic E-state index is -0.432. The average molecular weight is 414 g/mol. The van der Waals surface area contributed by atoms with Gasteiger partial charge >= 0.3 is 0 Å². The first-order chi connectivity index (χ1) is 15.2. The molecule has 6 nitrogen and oxygen atoms in total. The highest BCUT2D eigenvalue weighted by Gasteiger charge is 2.34. The Morgan fingerprint density at radius 1 is 0.774 bits per heavy atom. The van der Waals surface area contributed by atoms with Gasteiger partial charge in [0.25, 0.3) is 11.8 Å². The van der Waals surface area contributed by atoms with Crippen molar-refractivity contribution in [2.45, 2.75) is 6.42 Å². The number of hydrogen-bond acceptors (Lipinski definition) is 4. The quantitative estimate of drug-likeness (QED) is 0.344. The van der Waals surface area contributed by atoms with E-state index in [0.717, 1.165) is 12.2 Å². The molecular weight excluding hydrogens is 392 g/mol. The SMILES string of the molecule is O=C1NN(c2ccccc2)C(=O)/C1=C/c1cccc(OCCCOc2ccccc2)c1. The first kappa shape index (κ1) is 20.2. The van der Waals surface area contributed by atoms with Crippen molar-refractivity contribution in [1.82, 2.24) is 5.43 Å². The van der Waals surface area contributed by atoms with Gasteiger partial charge in [0.1, 0.15) is 17.1 Å². The number of carbonyl (C=O) groups is 2. The van der Waals surface area contributed by atoms with E-state index in [1.807, 2.05) is 66.7 Å². The van der Waals surface area contributed by atoms with Crippen molar-refractivity contribution >= 4 is 23.6 Å². The van der Waals surface area contributed by atoms with Crippen LogP contribution in [-0.4, -0.2) is 25.0 Å². The second-order valence-corrected chi connectivity index (χ2v) is 6.91. The number of nitrogens with zero attached hydrogens (tertiary/aromatic N) is 1. The van der Waals surface area contributed by atoms with E-state index in [4.69, 9.17) is 9.47 Å². The summed E-state index contributed by atoms with van der Waals surface area (Å²) in [6.45, 7) is 1.05. The maximum atomic E-state index is 12.7. The van der Waals surface area contributed by atoms with Crippen molar-refractivity contribution in [2.24, 2.45) is 0 Å². The van der Waals surface area contributed by atoms with Crippen LogP contribution in [0.4, 0.5) is 5.69 Å². The van der Waals surface area contributed by atoms with Gasteiger partial charge in [-0.1, -0.05) is 48.5 Å². The molecule has 156 valence electrons. The van der Waals surface area contributed by atoms with E-state index in [-0.39, 0.29) is 11.5 Å². The molecule has 0 bridgehead atoms. The van der Waals surface area contributed by atoms with Crippen LogP contribution in [0.2, 0.25) is 0 Å². The lowest BCUT2D eigenvalue weighted by molar-refractivity contribution is -0.117. The summed E-state index contributed by atoms with van der Waals surface area (Å²) >= 11 is 0. The average Bonchev–Trinajstić information content (AvgIpc) is 3.09. The van der Waals surface area contributed by atoms with Gasteiger partial charge in [-0.3, -0.25) is 15.0 Å². The topological polar surface area (TPSA) is 67.9 Å². The second kappa shape index (κ2) is 9.63. The number of carbonyl (C=O) groups excluding carboxylic acids is 2. The monoisotopic (exact) mass is 414 g/mol. The third-order valence-corrected chi connectivity index (χ3v) is 4.64. The molecule has 6 heteroatoms. The third-order valence-electron chi connectivity index (χ3n) is 4.64. The fourth-order valence-corrected chi connectivity index (χ4v) is 3.13. The molecule has 0 unspecified atom stereocenters. The Balaban J connectivity index is 1.35. The summed E-state index contributed by atoms with van der Waals surface area (Å²) in [5, 5.41) is 1.25. The van der Waals surface area contributed by atoms with E-state index in [2.05, 4.69) is 5.43 Å². The Hall–Kier alpha value is -4.06. The van der Waals surface area contributed by atoms with Gasteiger partial charge in [-0.25, -0.2) is 5.01 Å². The van der Waals surface area contributed by atoms with Crippen LogP contribution in [0.3, 0.4) is 0 Å². The van der Waals surface area contributed by atoms with Crippen LogP contribution in [0.25, 0.3) is 6.08 Å². The summed E-state index contributed by atoms with van der Waals surface area (Å²) in [6.07, 6.45) is 2.30. The van der Waals surface area contributed by atoms with Gasteiger partial charge in [0, 0.05) is 6.42 Å². The van der Waals surface area contributed by atoms with Gasteiger partial charge in [0.05, 0.1) is 18.9 Å². The van der Waals surface area contributed by atoms with Gasteiger partial charge < -0.3 is 9.47 Å². The molecule has 1 aliphatic rings. The molecule has 1 fully saturated rings. The van der Waals surface area contributed by atoms with Crippen LogP contribution < -0.4 is 19.9 Å². The van der Waals surface area contributed by atoms with Crippen LogP contribution in [-0.2, 0) is 9.59 Å². The molecule has 3 aromatic carbocycles. The highest BCUT2D eigenvalue weighted by molar-refractivity contribution is 6.31. The van der Waals surface area contributed by atoms with Gasteiger partial charge in [0.2, 0.25) is 0 Å². The number of ether oxygens (including phenoxy) is 2. The number of para-hydroxylation sites is 2. The number of amides is 2. The minimum absolute atomic E-state index is 0.0808. The molecule has 1 heterocycles. The Labute approximate surface area is 180 Å². The van der Waals surface area contributed by atoms with Crippen molar-refractivity contribution < 1.29 is 19.1 Å². The summed E-state index contributed by atoms with van der Waals surface area (Å²) in [5.41, 5.74) is 4.00. The Kier molecular flexibility index (Phi) is 6.28. The van der Waals surface area contributed by atoms with Crippen LogP contribution >= 0.6 is 0 Å². The van der Waals surface area contributed by atoms with Gasteiger partial charge in [-0.05, 0) is 48.0 Å². The normalized spacial score (nSPS) is 14.6. The maximum absolute atomic E-state index is 12.7. The van der Waals surface area contributed by atoms with Gasteiger partial charge in [0.15, 0.2) is 0 Å². The molecule has 0 spiro atoms. The van der Waals surface area contributed by atoms with E-state index in [1.165, 1.54) is 5.01 Å². The van der Waals surface area contributed by atoms with Gasteiger partial charge in [-0.15, -0.1) is 0 Å². The number of rotatable bonds is 8. The van der Waals surface area contributed by atoms with Crippen LogP contribution in [0.5, 0.6) is 11.5 Å². The van der Waals surface area contributed by atoms with E-state index < -0.39 is 5.91 Å². The summed E-state index contributed by atoms with van der Waals surface area (Å²) in [4.78, 5) is 25.0. The zero-order valence-electron chi connectivity index (χ0n) is 16.9. The standard InChI is InChI=1S/C25H22N2O4/c28-24-23(25(29)27(26-24)20-10-3-1-4-11-20)18-19-9-7-14-22(17-19)31-16-8-15-30-21-12-5-2-6-13-21/h1-7,9-14,17-18H,8,15-16H2,(H,26,28)/b23-18+. The Bertz CT molecular complexity index is 1080. The summed E-state index contributed by atoms with van der Waals surface area (Å²) in [7, 11) is 0. The molecular formula is C25H22N2O4. The number of benzene rings is 3. The van der Waals surface area contributed by atoms with E-state index in [9.17, 15) is 9.59 Å². The van der Waals surface area contributed by atoms with E-state index in [0.29, 0.717) is 30.2 Å². The molecule has 0 radical (unpaired) electrons. The first-order valence-electron chi connectivity index (χ1n) is 10.0. The zero-order valence-corrected chi connectivity index (χ0v) is 16.9. The van der Waals surface area contributed by atoms with Crippen molar-refractivity contribution in [3.05, 3.63) is 96.1 Å². The van der Waals surface area contributed by atoms with E-state index in [1.54, 1.807) is 24.3 Å². The van der Waals surface area contributed by atoms with Crippen LogP contribution in [0.1, 0.15) is 12.0 Å². The number of hydrogen-bond donors (Lipinski definition) is 1. The first-order valence-corrected chi connectivity index (χ1v) is 10.0. The predicted molar refractivity (Wildman–Crippen MR) is 119 cm³/mol. The molecule has 0 saturated carbocycles. The predicted octanol–water partition coefficient (Wildman–Crippen LogP) is 4.00. The van der Waals surface area contributed by atoms with Crippen molar-refractivity contribution in [2.75, 3.05) is 18.2 Å². The molecule has 1 aliphatic heterocycles.